The van der Waals surface area contributed by atoms with Crippen LogP contribution in [-0.2, 0) is 6.54 Å². The molecule has 4 nitrogen and oxygen atoms in total. The van der Waals surface area contributed by atoms with Gasteiger partial charge in [-0.15, -0.1) is 0 Å². The van der Waals surface area contributed by atoms with E-state index in [1.54, 1.807) is 7.11 Å². The van der Waals surface area contributed by atoms with Gasteiger partial charge >= 0.3 is 0 Å². The van der Waals surface area contributed by atoms with Gasteiger partial charge in [0.25, 0.3) is 0 Å². The Hall–Kier alpha value is -1.26. The first-order chi connectivity index (χ1) is 8.19. The van der Waals surface area contributed by atoms with E-state index in [2.05, 4.69) is 5.32 Å². The number of hydrogen-bond acceptors (Lipinski definition) is 4. The first-order valence-corrected chi connectivity index (χ1v) is 5.83. The molecule has 0 saturated heterocycles. The number of aliphatic hydroxyl groups excluding tert-OH is 1. The molecule has 4 heteroatoms. The Labute approximate surface area is 103 Å². The molecule has 17 heavy (non-hydrogen) atoms. The van der Waals surface area contributed by atoms with E-state index < -0.39 is 0 Å². The second kappa shape index (κ2) is 7.14. The van der Waals surface area contributed by atoms with Crippen molar-refractivity contribution in [2.75, 3.05) is 20.3 Å². The summed E-state index contributed by atoms with van der Waals surface area (Å²) in [6.45, 7) is 5.32. The highest BCUT2D eigenvalue weighted by molar-refractivity contribution is 5.46. The molecule has 0 unspecified atom stereocenters. The predicted octanol–water partition coefficient (Wildman–Crippen LogP) is 1.56. The van der Waals surface area contributed by atoms with Crippen LogP contribution < -0.4 is 14.8 Å². The zero-order valence-corrected chi connectivity index (χ0v) is 10.7. The summed E-state index contributed by atoms with van der Waals surface area (Å²) in [6, 6.07) is 5.81. The maximum Gasteiger partial charge on any atom is 0.166 e. The lowest BCUT2D eigenvalue weighted by Crippen LogP contribution is -2.19. The van der Waals surface area contributed by atoms with Crippen LogP contribution in [0, 0.1) is 0 Å². The summed E-state index contributed by atoms with van der Waals surface area (Å²) >= 11 is 0. The molecule has 0 heterocycles. The van der Waals surface area contributed by atoms with Crippen molar-refractivity contribution in [3.63, 3.8) is 0 Å². The zero-order valence-electron chi connectivity index (χ0n) is 10.7. The molecule has 1 aromatic rings. The third-order valence-corrected chi connectivity index (χ3v) is 2.24. The van der Waals surface area contributed by atoms with E-state index in [1.807, 2.05) is 32.0 Å². The molecule has 1 rings (SSSR count). The number of ether oxygens (including phenoxy) is 2. The number of methoxy groups -OCH3 is 1. The van der Waals surface area contributed by atoms with Crippen molar-refractivity contribution < 1.29 is 14.6 Å². The van der Waals surface area contributed by atoms with Gasteiger partial charge in [0.05, 0.1) is 19.8 Å². The lowest BCUT2D eigenvalue weighted by atomic mass is 10.2. The van der Waals surface area contributed by atoms with E-state index in [4.69, 9.17) is 14.6 Å². The van der Waals surface area contributed by atoms with E-state index in [-0.39, 0.29) is 12.7 Å². The highest BCUT2D eigenvalue weighted by Gasteiger charge is 2.11. The SMILES string of the molecule is COc1cccc(CNCCO)c1OC(C)C. The molecule has 0 aliphatic carbocycles. The Balaban J connectivity index is 2.85. The largest absolute Gasteiger partial charge is 0.493 e. The van der Waals surface area contributed by atoms with Crippen LogP contribution in [0.1, 0.15) is 19.4 Å². The average Bonchev–Trinajstić information content (AvgIpc) is 2.30. The monoisotopic (exact) mass is 239 g/mol. The summed E-state index contributed by atoms with van der Waals surface area (Å²) in [6.07, 6.45) is 0.0999. The van der Waals surface area contributed by atoms with Crippen molar-refractivity contribution in [3.8, 4) is 11.5 Å². The third-order valence-electron chi connectivity index (χ3n) is 2.24. The fraction of sp³-hybridized carbons (Fsp3) is 0.538. The van der Waals surface area contributed by atoms with Crippen LogP contribution in [0.25, 0.3) is 0 Å². The van der Waals surface area contributed by atoms with Crippen LogP contribution in [0.4, 0.5) is 0 Å². The first-order valence-electron chi connectivity index (χ1n) is 5.83. The molecule has 2 N–H and O–H groups in total. The molecule has 0 fully saturated rings. The lowest BCUT2D eigenvalue weighted by molar-refractivity contribution is 0.226. The van der Waals surface area contributed by atoms with Crippen LogP contribution in [0.2, 0.25) is 0 Å². The fourth-order valence-corrected chi connectivity index (χ4v) is 1.53. The predicted molar refractivity (Wildman–Crippen MR) is 67.6 cm³/mol. The van der Waals surface area contributed by atoms with E-state index in [1.165, 1.54) is 0 Å². The van der Waals surface area contributed by atoms with Gasteiger partial charge in [-0.2, -0.15) is 0 Å². The van der Waals surface area contributed by atoms with E-state index in [9.17, 15) is 0 Å². The summed E-state index contributed by atoms with van der Waals surface area (Å²) in [4.78, 5) is 0. The Kier molecular flexibility index (Phi) is 5.80. The molecule has 0 aromatic heterocycles. The topological polar surface area (TPSA) is 50.7 Å². The summed E-state index contributed by atoms with van der Waals surface area (Å²) < 4.78 is 11.1. The van der Waals surface area contributed by atoms with Gasteiger partial charge in [0, 0.05) is 18.7 Å². The van der Waals surface area contributed by atoms with E-state index in [0.29, 0.717) is 13.1 Å². The number of aliphatic hydroxyl groups is 1. The average molecular weight is 239 g/mol. The molecule has 0 aliphatic heterocycles. The van der Waals surface area contributed by atoms with Gasteiger partial charge in [0.1, 0.15) is 0 Å². The Morgan fingerprint density at radius 3 is 2.71 bits per heavy atom. The molecule has 0 saturated carbocycles. The molecule has 1 aromatic carbocycles. The van der Waals surface area contributed by atoms with Gasteiger partial charge in [-0.25, -0.2) is 0 Å². The van der Waals surface area contributed by atoms with Crippen molar-refractivity contribution in [3.05, 3.63) is 23.8 Å². The molecule has 0 radical (unpaired) electrons. The Morgan fingerprint density at radius 1 is 1.35 bits per heavy atom. The maximum absolute atomic E-state index is 8.74. The minimum atomic E-state index is 0.0999. The quantitative estimate of drug-likeness (QED) is 0.709. The van der Waals surface area contributed by atoms with Gasteiger partial charge in [0.15, 0.2) is 11.5 Å². The van der Waals surface area contributed by atoms with Crippen molar-refractivity contribution >= 4 is 0 Å². The summed E-state index contributed by atoms with van der Waals surface area (Å²) in [5.41, 5.74) is 1.03. The van der Waals surface area contributed by atoms with Crippen LogP contribution in [0.15, 0.2) is 18.2 Å². The molecular formula is C13H21NO3. The third kappa shape index (κ3) is 4.24. The molecule has 0 spiro atoms. The van der Waals surface area contributed by atoms with Crippen LogP contribution in [0.3, 0.4) is 0 Å². The van der Waals surface area contributed by atoms with Crippen molar-refractivity contribution in [2.45, 2.75) is 26.5 Å². The van der Waals surface area contributed by atoms with Crippen LogP contribution >= 0.6 is 0 Å². The van der Waals surface area contributed by atoms with Crippen LogP contribution in [-0.4, -0.2) is 31.5 Å². The number of benzene rings is 1. The number of hydrogen-bond donors (Lipinski definition) is 2. The fourth-order valence-electron chi connectivity index (χ4n) is 1.53. The summed E-state index contributed by atoms with van der Waals surface area (Å²) in [5, 5.41) is 11.9. The van der Waals surface area contributed by atoms with E-state index >= 15 is 0 Å². The second-order valence-electron chi connectivity index (χ2n) is 4.02. The first kappa shape index (κ1) is 13.8. The minimum Gasteiger partial charge on any atom is -0.493 e. The molecule has 96 valence electrons. The smallest absolute Gasteiger partial charge is 0.166 e. The highest BCUT2D eigenvalue weighted by Crippen LogP contribution is 2.31. The molecule has 0 atom stereocenters. The molecular weight excluding hydrogens is 218 g/mol. The van der Waals surface area contributed by atoms with Gasteiger partial charge in [-0.3, -0.25) is 0 Å². The van der Waals surface area contributed by atoms with Gasteiger partial charge in [0.2, 0.25) is 0 Å². The van der Waals surface area contributed by atoms with Crippen molar-refractivity contribution in [2.24, 2.45) is 0 Å². The number of rotatable bonds is 7. The van der Waals surface area contributed by atoms with E-state index in [0.717, 1.165) is 17.1 Å². The maximum atomic E-state index is 8.74. The zero-order chi connectivity index (χ0) is 12.7. The van der Waals surface area contributed by atoms with Crippen molar-refractivity contribution in [1.29, 1.82) is 0 Å². The summed E-state index contributed by atoms with van der Waals surface area (Å²) in [5.74, 6) is 1.51. The van der Waals surface area contributed by atoms with Crippen molar-refractivity contribution in [1.82, 2.24) is 5.32 Å². The Bertz CT molecular complexity index is 339. The second-order valence-corrected chi connectivity index (χ2v) is 4.02. The Morgan fingerprint density at radius 2 is 2.12 bits per heavy atom. The van der Waals surface area contributed by atoms with Gasteiger partial charge in [-0.05, 0) is 19.9 Å². The number of nitrogens with one attached hydrogen (secondary N) is 1. The van der Waals surface area contributed by atoms with Gasteiger partial charge < -0.3 is 19.9 Å². The minimum absolute atomic E-state index is 0.0999. The summed E-state index contributed by atoms with van der Waals surface area (Å²) in [7, 11) is 1.63. The molecule has 0 amide bonds. The highest BCUT2D eigenvalue weighted by atomic mass is 16.5. The standard InChI is InChI=1S/C13H21NO3/c1-10(2)17-13-11(9-14-7-8-15)5-4-6-12(13)16-3/h4-6,10,14-15H,7-9H2,1-3H3. The van der Waals surface area contributed by atoms with Gasteiger partial charge in [-0.1, -0.05) is 12.1 Å². The number of para-hydroxylation sites is 1. The lowest BCUT2D eigenvalue weighted by Gasteiger charge is -2.17. The molecule has 0 bridgehead atoms. The molecule has 0 aliphatic rings. The van der Waals surface area contributed by atoms with Crippen LogP contribution in [0.5, 0.6) is 11.5 Å². The normalized spacial score (nSPS) is 10.6.